The Bertz CT molecular complexity index is 2270. The molecule has 5 fully saturated rings. The van der Waals surface area contributed by atoms with E-state index in [9.17, 15) is 27.6 Å². The number of amides is 5. The Balaban J connectivity index is 1.41. The molecule has 6 atom stereocenters. The highest BCUT2D eigenvalue weighted by atomic mass is 35.5. The van der Waals surface area contributed by atoms with Crippen molar-refractivity contribution >= 4 is 52.7 Å². The van der Waals surface area contributed by atoms with Gasteiger partial charge in [0.25, 0.3) is 0 Å². The Morgan fingerprint density at radius 3 is 2.29 bits per heavy atom. The lowest BCUT2D eigenvalue weighted by molar-refractivity contribution is -0.199. The maximum Gasteiger partial charge on any atom is 0.482 e. The number of benzene rings is 2. The zero-order valence-electron chi connectivity index (χ0n) is 36.8. The lowest BCUT2D eigenvalue weighted by atomic mass is 9.43. The summed E-state index contributed by atoms with van der Waals surface area (Å²) in [5, 5.41) is 4.97. The molecule has 5 amide bonds. The molecule has 22 heteroatoms. The molecule has 2 bridgehead atoms. The molecule has 3 aliphatic carbocycles. The number of nitrogens with two attached hydrogens (primary N) is 1. The van der Waals surface area contributed by atoms with Crippen molar-refractivity contribution in [2.45, 2.75) is 96.5 Å². The van der Waals surface area contributed by atoms with Crippen molar-refractivity contribution in [1.82, 2.24) is 19.8 Å². The summed E-state index contributed by atoms with van der Waals surface area (Å²) in [6.07, 6.45) is 1.02. The first-order chi connectivity index (χ1) is 29.4. The second-order valence-electron chi connectivity index (χ2n) is 17.9. The maximum atomic E-state index is 15.7. The number of nitrogens with zero attached hydrogens (tertiary/aromatic N) is 2. The summed E-state index contributed by atoms with van der Waals surface area (Å²) in [4.78, 5) is 56.3. The van der Waals surface area contributed by atoms with Crippen LogP contribution in [0.1, 0.15) is 88.3 Å². The average Bonchev–Trinajstić information content (AvgIpc) is 3.79. The van der Waals surface area contributed by atoms with Crippen LogP contribution in [0.4, 0.5) is 18.4 Å². The largest absolute Gasteiger partial charge is 0.495 e. The molecule has 346 valence electrons. The van der Waals surface area contributed by atoms with Crippen LogP contribution in [0.5, 0.6) is 17.2 Å². The molecular weight excluding hydrogens is 871 g/mol. The second-order valence-corrected chi connectivity index (χ2v) is 20.3. The summed E-state index contributed by atoms with van der Waals surface area (Å²) in [6, 6.07) is -1.02. The number of methoxy groups -OCH3 is 3. The number of esters is 1. The Labute approximate surface area is 371 Å². The predicted molar refractivity (Wildman–Crippen MR) is 226 cm³/mol. The van der Waals surface area contributed by atoms with Gasteiger partial charge in [0.1, 0.15) is 28.8 Å². The SMILES string of the molecule is COc1c(F)cc(C(NC(=O)N2CCN(S(=O)(=O)CCCN)C2=O)C(=O)N[C@@H](Cc2ccc(F)c(C(=O)OC(C)(C)C)c2OC)B2O[C@@H]3C[C@@H]4C[C@@H](C4(C)C)[C@]3(C)O2)c(Cl)c1OC. The molecule has 5 aliphatic rings. The summed E-state index contributed by atoms with van der Waals surface area (Å²) in [6.45, 7) is 10.5. The van der Waals surface area contributed by atoms with Crippen molar-refractivity contribution in [2.75, 3.05) is 46.7 Å². The van der Waals surface area contributed by atoms with E-state index >= 15 is 8.78 Å². The number of rotatable bonds is 15. The number of hydrogen-bond donors (Lipinski definition) is 3. The first kappa shape index (κ1) is 48.0. The van der Waals surface area contributed by atoms with E-state index in [-0.39, 0.29) is 77.6 Å². The quantitative estimate of drug-likeness (QED) is 0.163. The van der Waals surface area contributed by atoms with Crippen LogP contribution >= 0.6 is 11.6 Å². The van der Waals surface area contributed by atoms with Crippen molar-refractivity contribution in [3.63, 3.8) is 0 Å². The maximum absolute atomic E-state index is 15.7. The van der Waals surface area contributed by atoms with Crippen molar-refractivity contribution in [1.29, 1.82) is 0 Å². The third-order valence-electron chi connectivity index (χ3n) is 12.6. The van der Waals surface area contributed by atoms with Crippen molar-refractivity contribution in [2.24, 2.45) is 23.0 Å². The van der Waals surface area contributed by atoms with Gasteiger partial charge in [-0.1, -0.05) is 31.5 Å². The van der Waals surface area contributed by atoms with E-state index in [4.69, 9.17) is 45.6 Å². The van der Waals surface area contributed by atoms with Gasteiger partial charge in [-0.2, -0.15) is 0 Å². The van der Waals surface area contributed by atoms with Crippen molar-refractivity contribution in [3.05, 3.63) is 51.5 Å². The molecule has 2 heterocycles. The molecule has 2 aromatic rings. The monoisotopic (exact) mass is 925 g/mol. The van der Waals surface area contributed by atoms with Crippen LogP contribution in [0.25, 0.3) is 0 Å². The molecule has 3 saturated carbocycles. The number of urea groups is 2. The van der Waals surface area contributed by atoms with E-state index in [1.54, 1.807) is 20.8 Å². The minimum Gasteiger partial charge on any atom is -0.495 e. The van der Waals surface area contributed by atoms with Gasteiger partial charge in [0, 0.05) is 5.56 Å². The normalized spacial score (nSPS) is 23.7. The van der Waals surface area contributed by atoms with Crippen LogP contribution < -0.4 is 30.6 Å². The van der Waals surface area contributed by atoms with Gasteiger partial charge >= 0.3 is 25.1 Å². The first-order valence-electron chi connectivity index (χ1n) is 20.6. The standard InChI is InChI=1S/C41H55BClF2N5O12S/c1-39(2,3)60-36(52)29-24(44)12-11-21(32(29)57-7)17-28(42-61-27-19-22-18-26(40(22,4)5)41(27,6)62-42)47-35(51)31(23-20-25(45)33(58-8)34(59-9)30(23)43)48-37(53)49-14-15-50(38(49)54)63(55,56)16-10-13-46/h11-12,20,22,26-28,31H,10,13-19,46H2,1-9H3,(H,47,51)(H,48,53)/t22-,26-,27+,28-,31?,41-/m0/s1. The summed E-state index contributed by atoms with van der Waals surface area (Å²) >= 11 is 6.77. The Hall–Kier alpha value is -4.44. The molecule has 0 aromatic heterocycles. The topological polar surface area (TPSA) is 214 Å². The van der Waals surface area contributed by atoms with Crippen molar-refractivity contribution in [3.8, 4) is 17.2 Å². The molecule has 0 radical (unpaired) electrons. The molecule has 1 unspecified atom stereocenters. The van der Waals surface area contributed by atoms with Gasteiger partial charge in [-0.15, -0.1) is 0 Å². The minimum atomic E-state index is -4.16. The van der Waals surface area contributed by atoms with E-state index in [0.717, 1.165) is 18.6 Å². The summed E-state index contributed by atoms with van der Waals surface area (Å²) in [5.41, 5.74) is 3.04. The predicted octanol–water partition coefficient (Wildman–Crippen LogP) is 4.76. The molecule has 2 aliphatic heterocycles. The number of nitrogens with one attached hydrogen (secondary N) is 2. The number of imide groups is 1. The van der Waals surface area contributed by atoms with Crippen LogP contribution in [-0.2, 0) is 35.3 Å². The molecular formula is C41H55BClF2N5O12S. The van der Waals surface area contributed by atoms with Gasteiger partial charge in [-0.25, -0.2) is 40.8 Å². The van der Waals surface area contributed by atoms with Crippen LogP contribution in [0.3, 0.4) is 0 Å². The fraction of sp³-hybridized carbons (Fsp3) is 0.610. The van der Waals surface area contributed by atoms with E-state index in [2.05, 4.69) is 24.5 Å². The van der Waals surface area contributed by atoms with Crippen molar-refractivity contribution < 1.29 is 64.6 Å². The molecule has 2 saturated heterocycles. The molecule has 63 heavy (non-hydrogen) atoms. The number of sulfonamides is 1. The van der Waals surface area contributed by atoms with Gasteiger partial charge in [-0.05, 0) is 94.9 Å². The van der Waals surface area contributed by atoms with Crippen LogP contribution in [0, 0.1) is 28.9 Å². The van der Waals surface area contributed by atoms with Gasteiger partial charge in [0.15, 0.2) is 17.3 Å². The zero-order valence-corrected chi connectivity index (χ0v) is 38.3. The summed E-state index contributed by atoms with van der Waals surface area (Å²) in [7, 11) is -1.74. The van der Waals surface area contributed by atoms with Gasteiger partial charge < -0.3 is 44.6 Å². The third-order valence-corrected chi connectivity index (χ3v) is 14.8. The Morgan fingerprint density at radius 1 is 1.02 bits per heavy atom. The van der Waals surface area contributed by atoms with E-state index in [1.165, 1.54) is 27.4 Å². The Kier molecular flexibility index (Phi) is 13.6. The first-order valence-corrected chi connectivity index (χ1v) is 22.6. The molecule has 0 spiro atoms. The van der Waals surface area contributed by atoms with Gasteiger partial charge in [-0.3, -0.25) is 4.79 Å². The van der Waals surface area contributed by atoms with E-state index in [0.29, 0.717) is 21.5 Å². The number of halogens is 3. The average molecular weight is 926 g/mol. The fourth-order valence-corrected chi connectivity index (χ4v) is 11.1. The summed E-state index contributed by atoms with van der Waals surface area (Å²) < 4.78 is 92.7. The number of ether oxygens (including phenoxy) is 4. The lowest BCUT2D eigenvalue weighted by Gasteiger charge is -2.64. The molecule has 4 N–H and O–H groups in total. The molecule has 17 nitrogen and oxygen atoms in total. The van der Waals surface area contributed by atoms with Crippen LogP contribution in [0.15, 0.2) is 18.2 Å². The highest BCUT2D eigenvalue weighted by Gasteiger charge is 2.68. The smallest absolute Gasteiger partial charge is 0.482 e. The lowest BCUT2D eigenvalue weighted by Crippen LogP contribution is -2.65. The summed E-state index contributed by atoms with van der Waals surface area (Å²) in [5.74, 6) is -6.07. The number of carbonyl (C=O) groups excluding carboxylic acids is 4. The number of hydrogen-bond acceptors (Lipinski definition) is 13. The van der Waals surface area contributed by atoms with Crippen LogP contribution in [-0.4, -0.2) is 119 Å². The Morgan fingerprint density at radius 2 is 1.68 bits per heavy atom. The minimum absolute atomic E-state index is 0.0423. The molecule has 7 rings (SSSR count). The number of carbonyl (C=O) groups is 4. The van der Waals surface area contributed by atoms with E-state index < -0.39 is 93.0 Å². The highest BCUT2D eigenvalue weighted by Crippen LogP contribution is 2.65. The third kappa shape index (κ3) is 9.00. The highest BCUT2D eigenvalue weighted by molar-refractivity contribution is 7.89. The molecule has 2 aromatic carbocycles. The van der Waals surface area contributed by atoms with Crippen LogP contribution in [0.2, 0.25) is 5.02 Å². The van der Waals surface area contributed by atoms with Gasteiger partial charge in [0.05, 0.1) is 62.8 Å². The second kappa shape index (κ2) is 17.9. The fourth-order valence-electron chi connectivity index (χ4n) is 9.32. The van der Waals surface area contributed by atoms with E-state index in [1.807, 2.05) is 6.92 Å². The zero-order chi connectivity index (χ0) is 46.6. The van der Waals surface area contributed by atoms with Gasteiger partial charge in [0.2, 0.25) is 15.9 Å².